The van der Waals surface area contributed by atoms with Crippen LogP contribution in [0.4, 0.5) is 0 Å². The zero-order valence-corrected chi connectivity index (χ0v) is 13.7. The molecular weight excluding hydrogens is 252 g/mol. The predicted octanol–water partition coefficient (Wildman–Crippen LogP) is 4.47. The van der Waals surface area contributed by atoms with Gasteiger partial charge in [0.2, 0.25) is 0 Å². The molecule has 0 aliphatic carbocycles. The van der Waals surface area contributed by atoms with Crippen LogP contribution in [0, 0.1) is 5.92 Å². The molecule has 0 amide bonds. The molecule has 0 aromatic carbocycles. The normalized spacial score (nSPS) is 12.7. The summed E-state index contributed by atoms with van der Waals surface area (Å²) in [7, 11) is 0. The summed E-state index contributed by atoms with van der Waals surface area (Å²) in [5, 5.41) is 8.72. The van der Waals surface area contributed by atoms with Gasteiger partial charge in [-0.25, -0.2) is 0 Å². The van der Waals surface area contributed by atoms with E-state index in [1.165, 1.54) is 38.5 Å². The molecule has 0 heterocycles. The van der Waals surface area contributed by atoms with E-state index in [9.17, 15) is 4.79 Å². The quantitative estimate of drug-likeness (QED) is 0.401. The number of hydrogen-bond acceptors (Lipinski definition) is 3. The minimum Gasteiger partial charge on any atom is -0.463 e. The third-order valence-electron chi connectivity index (χ3n) is 3.53. The van der Waals surface area contributed by atoms with Crippen molar-refractivity contribution in [1.82, 2.24) is 0 Å². The number of rotatable bonds is 13. The van der Waals surface area contributed by atoms with E-state index in [1.54, 1.807) is 0 Å². The molecule has 3 heteroatoms. The van der Waals surface area contributed by atoms with Gasteiger partial charge in [0.1, 0.15) is 6.10 Å². The molecule has 0 fully saturated rings. The predicted molar refractivity (Wildman–Crippen MR) is 83.6 cm³/mol. The van der Waals surface area contributed by atoms with Gasteiger partial charge >= 0.3 is 5.97 Å². The first kappa shape index (κ1) is 19.4. The van der Waals surface area contributed by atoms with Gasteiger partial charge in [0.15, 0.2) is 0 Å². The molecule has 0 spiro atoms. The van der Waals surface area contributed by atoms with Gasteiger partial charge in [-0.05, 0) is 19.3 Å². The largest absolute Gasteiger partial charge is 0.463 e. The van der Waals surface area contributed by atoms with Gasteiger partial charge in [0.25, 0.3) is 0 Å². The van der Waals surface area contributed by atoms with E-state index in [1.807, 2.05) is 6.92 Å². The monoisotopic (exact) mass is 286 g/mol. The van der Waals surface area contributed by atoms with Gasteiger partial charge in [-0.2, -0.15) is 0 Å². The van der Waals surface area contributed by atoms with E-state index in [2.05, 4.69) is 13.8 Å². The molecule has 0 saturated carbocycles. The summed E-state index contributed by atoms with van der Waals surface area (Å²) in [5.41, 5.74) is 0. The fourth-order valence-electron chi connectivity index (χ4n) is 2.23. The molecule has 0 bridgehead atoms. The van der Waals surface area contributed by atoms with Crippen LogP contribution in [-0.2, 0) is 9.53 Å². The molecule has 0 aliphatic rings. The Hall–Kier alpha value is -0.570. The van der Waals surface area contributed by atoms with Crippen LogP contribution in [-0.4, -0.2) is 23.8 Å². The van der Waals surface area contributed by atoms with E-state index in [0.29, 0.717) is 12.8 Å². The van der Waals surface area contributed by atoms with Crippen molar-refractivity contribution in [3.8, 4) is 0 Å². The lowest BCUT2D eigenvalue weighted by Gasteiger charge is -2.11. The lowest BCUT2D eigenvalue weighted by Crippen LogP contribution is -2.15. The zero-order valence-electron chi connectivity index (χ0n) is 13.7. The van der Waals surface area contributed by atoms with E-state index >= 15 is 0 Å². The van der Waals surface area contributed by atoms with Crippen LogP contribution in [0.25, 0.3) is 0 Å². The summed E-state index contributed by atoms with van der Waals surface area (Å²) in [6.45, 7) is 6.46. The molecule has 1 unspecified atom stereocenters. The fourth-order valence-corrected chi connectivity index (χ4v) is 2.23. The Morgan fingerprint density at radius 1 is 0.900 bits per heavy atom. The Morgan fingerprint density at radius 2 is 1.45 bits per heavy atom. The Morgan fingerprint density at radius 3 is 2.00 bits per heavy atom. The highest BCUT2D eigenvalue weighted by Gasteiger charge is 2.08. The van der Waals surface area contributed by atoms with Crippen molar-refractivity contribution in [2.24, 2.45) is 5.92 Å². The maximum atomic E-state index is 11.5. The molecular formula is C17H34O3. The maximum Gasteiger partial charge on any atom is 0.306 e. The summed E-state index contributed by atoms with van der Waals surface area (Å²) >= 11 is 0. The number of carbonyl (C=O) groups excluding carboxylic acids is 1. The standard InChI is InChI=1S/C17H34O3/c1-15(2)11-9-7-5-4-6-8-10-12-17(19)20-16(3)13-14-18/h15-16,18H,4-14H2,1-3H3. The number of aliphatic hydroxyl groups is 1. The van der Waals surface area contributed by atoms with Gasteiger partial charge in [-0.3, -0.25) is 4.79 Å². The SMILES string of the molecule is CC(C)CCCCCCCCCC(=O)OC(C)CCO. The highest BCUT2D eigenvalue weighted by molar-refractivity contribution is 5.69. The first-order chi connectivity index (χ1) is 9.56. The maximum absolute atomic E-state index is 11.5. The van der Waals surface area contributed by atoms with Crippen molar-refractivity contribution in [2.45, 2.75) is 91.1 Å². The molecule has 1 N–H and O–H groups in total. The smallest absolute Gasteiger partial charge is 0.306 e. The number of esters is 1. The van der Waals surface area contributed by atoms with Crippen LogP contribution in [0.1, 0.15) is 85.0 Å². The van der Waals surface area contributed by atoms with Crippen LogP contribution in [0.3, 0.4) is 0 Å². The van der Waals surface area contributed by atoms with Crippen molar-refractivity contribution in [2.75, 3.05) is 6.61 Å². The minimum atomic E-state index is -0.159. The van der Waals surface area contributed by atoms with Gasteiger partial charge in [-0.1, -0.05) is 58.8 Å². The average Bonchev–Trinajstić information content (AvgIpc) is 2.36. The molecule has 1 atom stereocenters. The summed E-state index contributed by atoms with van der Waals surface area (Å²) in [6, 6.07) is 0. The number of aliphatic hydroxyl groups excluding tert-OH is 1. The second-order valence-electron chi connectivity index (χ2n) is 6.22. The zero-order chi connectivity index (χ0) is 15.2. The fraction of sp³-hybridized carbons (Fsp3) is 0.941. The van der Waals surface area contributed by atoms with Crippen LogP contribution >= 0.6 is 0 Å². The van der Waals surface area contributed by atoms with Crippen LogP contribution < -0.4 is 0 Å². The van der Waals surface area contributed by atoms with Gasteiger partial charge in [0, 0.05) is 19.4 Å². The molecule has 20 heavy (non-hydrogen) atoms. The van der Waals surface area contributed by atoms with Crippen LogP contribution in [0.15, 0.2) is 0 Å². The molecule has 0 radical (unpaired) electrons. The summed E-state index contributed by atoms with van der Waals surface area (Å²) in [5.74, 6) is 0.706. The van der Waals surface area contributed by atoms with E-state index in [-0.39, 0.29) is 18.7 Å². The average molecular weight is 286 g/mol. The van der Waals surface area contributed by atoms with Gasteiger partial charge < -0.3 is 9.84 Å². The van der Waals surface area contributed by atoms with Gasteiger partial charge in [-0.15, -0.1) is 0 Å². The summed E-state index contributed by atoms with van der Waals surface area (Å²) in [6.07, 6.45) is 10.8. The highest BCUT2D eigenvalue weighted by Crippen LogP contribution is 2.13. The number of hydrogen-bond donors (Lipinski definition) is 1. The second kappa shape index (κ2) is 13.4. The van der Waals surface area contributed by atoms with Crippen LogP contribution in [0.5, 0.6) is 0 Å². The molecule has 3 nitrogen and oxygen atoms in total. The third kappa shape index (κ3) is 13.9. The topological polar surface area (TPSA) is 46.5 Å². The van der Waals surface area contributed by atoms with Crippen molar-refractivity contribution in [3.05, 3.63) is 0 Å². The van der Waals surface area contributed by atoms with Crippen LogP contribution in [0.2, 0.25) is 0 Å². The summed E-state index contributed by atoms with van der Waals surface area (Å²) in [4.78, 5) is 11.5. The molecule has 0 saturated heterocycles. The molecule has 0 aromatic rings. The molecule has 0 aliphatic heterocycles. The van der Waals surface area contributed by atoms with Gasteiger partial charge in [0.05, 0.1) is 0 Å². The lowest BCUT2D eigenvalue weighted by atomic mass is 10.0. The van der Waals surface area contributed by atoms with E-state index in [4.69, 9.17) is 9.84 Å². The number of carbonyl (C=O) groups is 1. The Labute approximate surface area is 125 Å². The number of unbranched alkanes of at least 4 members (excludes halogenated alkanes) is 6. The van der Waals surface area contributed by atoms with Crippen molar-refractivity contribution < 1.29 is 14.6 Å². The number of ether oxygens (including phenoxy) is 1. The van der Waals surface area contributed by atoms with E-state index < -0.39 is 0 Å². The van der Waals surface area contributed by atoms with E-state index in [0.717, 1.165) is 18.8 Å². The van der Waals surface area contributed by atoms with Crippen molar-refractivity contribution in [3.63, 3.8) is 0 Å². The first-order valence-electron chi connectivity index (χ1n) is 8.36. The third-order valence-corrected chi connectivity index (χ3v) is 3.53. The Balaban J connectivity index is 3.25. The Bertz CT molecular complexity index is 226. The molecule has 0 aromatic heterocycles. The van der Waals surface area contributed by atoms with Crippen molar-refractivity contribution in [1.29, 1.82) is 0 Å². The second-order valence-corrected chi connectivity index (χ2v) is 6.22. The minimum absolute atomic E-state index is 0.0747. The summed E-state index contributed by atoms with van der Waals surface area (Å²) < 4.78 is 5.17. The molecule has 120 valence electrons. The first-order valence-corrected chi connectivity index (χ1v) is 8.36. The molecule has 0 rings (SSSR count). The lowest BCUT2D eigenvalue weighted by molar-refractivity contribution is -0.148. The Kier molecular flexibility index (Phi) is 13.0. The highest BCUT2D eigenvalue weighted by atomic mass is 16.5. The van der Waals surface area contributed by atoms with Crippen molar-refractivity contribution >= 4 is 5.97 Å².